The lowest BCUT2D eigenvalue weighted by molar-refractivity contribution is -0.129. The third kappa shape index (κ3) is 4.73. The Morgan fingerprint density at radius 1 is 0.882 bits per heavy atom. The highest BCUT2D eigenvalue weighted by molar-refractivity contribution is 5.79. The molecule has 7 heteroatoms. The molecule has 1 amide bonds. The van der Waals surface area contributed by atoms with E-state index < -0.39 is 0 Å². The second-order valence-electron chi connectivity index (χ2n) is 9.19. The van der Waals surface area contributed by atoms with Gasteiger partial charge in [-0.15, -0.1) is 0 Å². The monoisotopic (exact) mass is 462 g/mol. The van der Waals surface area contributed by atoms with E-state index in [9.17, 15) is 13.6 Å². The maximum absolute atomic E-state index is 13.5. The van der Waals surface area contributed by atoms with Gasteiger partial charge in [0.2, 0.25) is 5.91 Å². The van der Waals surface area contributed by atoms with E-state index in [0.29, 0.717) is 13.0 Å². The van der Waals surface area contributed by atoms with Crippen LogP contribution < -0.4 is 21.5 Å². The molecule has 2 aliphatic heterocycles. The van der Waals surface area contributed by atoms with Gasteiger partial charge in [-0.3, -0.25) is 10.1 Å². The topological polar surface area (TPSA) is 65.2 Å². The minimum Gasteiger partial charge on any atom is -0.352 e. The van der Waals surface area contributed by atoms with Gasteiger partial charge >= 0.3 is 0 Å². The number of fused-ring (bicyclic) bond motifs is 1. The van der Waals surface area contributed by atoms with Gasteiger partial charge in [0, 0.05) is 24.4 Å². The molecule has 3 aromatic carbocycles. The van der Waals surface area contributed by atoms with Crippen LogP contribution in [0.4, 0.5) is 8.78 Å². The SMILES string of the molecule is Cc1ccc(C2CC(C(=O)NCc3ccc(F)cc3)C3C(NNC3c3ccc(F)cc3)N2)cc1. The number of benzene rings is 3. The number of rotatable bonds is 5. The zero-order valence-corrected chi connectivity index (χ0v) is 18.9. The minimum atomic E-state index is -0.303. The summed E-state index contributed by atoms with van der Waals surface area (Å²) in [5.74, 6) is -1.02. The van der Waals surface area contributed by atoms with Crippen LogP contribution in [0.15, 0.2) is 72.8 Å². The molecule has 4 N–H and O–H groups in total. The van der Waals surface area contributed by atoms with E-state index >= 15 is 0 Å². The second-order valence-corrected chi connectivity index (χ2v) is 9.19. The first-order valence-electron chi connectivity index (χ1n) is 11.6. The molecule has 5 atom stereocenters. The van der Waals surface area contributed by atoms with Crippen molar-refractivity contribution in [2.24, 2.45) is 11.8 Å². The molecule has 0 spiro atoms. The fourth-order valence-electron chi connectivity index (χ4n) is 5.09. The van der Waals surface area contributed by atoms with Gasteiger partial charge in [0.1, 0.15) is 11.6 Å². The summed E-state index contributed by atoms with van der Waals surface area (Å²) in [4.78, 5) is 13.5. The van der Waals surface area contributed by atoms with Crippen LogP contribution in [-0.2, 0) is 11.3 Å². The molecular weight excluding hydrogens is 434 g/mol. The van der Waals surface area contributed by atoms with Gasteiger partial charge in [-0.05, 0) is 54.3 Å². The summed E-state index contributed by atoms with van der Waals surface area (Å²) >= 11 is 0. The lowest BCUT2D eigenvalue weighted by atomic mass is 9.74. The first-order chi connectivity index (χ1) is 16.5. The number of nitrogens with one attached hydrogen (secondary N) is 4. The van der Waals surface area contributed by atoms with Crippen LogP contribution in [0.5, 0.6) is 0 Å². The smallest absolute Gasteiger partial charge is 0.223 e. The highest BCUT2D eigenvalue weighted by atomic mass is 19.1. The molecule has 0 radical (unpaired) electrons. The van der Waals surface area contributed by atoms with Crippen LogP contribution in [0.25, 0.3) is 0 Å². The summed E-state index contributed by atoms with van der Waals surface area (Å²) in [6.07, 6.45) is 0.484. The third-order valence-electron chi connectivity index (χ3n) is 6.92. The summed E-state index contributed by atoms with van der Waals surface area (Å²) in [6, 6.07) is 20.8. The quantitative estimate of drug-likeness (QED) is 0.462. The van der Waals surface area contributed by atoms with Crippen LogP contribution in [-0.4, -0.2) is 12.1 Å². The minimum absolute atomic E-state index is 0.00434. The Balaban J connectivity index is 1.40. The Kier molecular flexibility index (Phi) is 6.41. The van der Waals surface area contributed by atoms with Crippen molar-refractivity contribution in [2.75, 3.05) is 0 Å². The Bertz CT molecular complexity index is 1130. The number of hydrazine groups is 1. The second kappa shape index (κ2) is 9.62. The summed E-state index contributed by atoms with van der Waals surface area (Å²) in [5, 5.41) is 6.72. The van der Waals surface area contributed by atoms with Crippen molar-refractivity contribution in [3.63, 3.8) is 0 Å². The van der Waals surface area contributed by atoms with Crippen molar-refractivity contribution >= 4 is 5.91 Å². The molecule has 2 heterocycles. The first-order valence-corrected chi connectivity index (χ1v) is 11.6. The fourth-order valence-corrected chi connectivity index (χ4v) is 5.09. The summed E-state index contributed by atoms with van der Waals surface area (Å²) in [7, 11) is 0. The van der Waals surface area contributed by atoms with Crippen molar-refractivity contribution in [3.05, 3.63) is 107 Å². The average molecular weight is 463 g/mol. The standard InChI is InChI=1S/C27H28F2N4O/c1-16-2-6-18(7-3-16)23-14-22(27(34)30-15-17-4-10-20(28)11-5-17)24-25(32-33-26(24)31-23)19-8-12-21(29)13-9-19/h2-13,22-26,31-33H,14-15H2,1H3,(H,30,34). The van der Waals surface area contributed by atoms with Crippen LogP contribution in [0.1, 0.15) is 40.8 Å². The molecule has 2 fully saturated rings. The zero-order valence-electron chi connectivity index (χ0n) is 18.9. The molecule has 0 aromatic heterocycles. The van der Waals surface area contributed by atoms with Gasteiger partial charge in [0.15, 0.2) is 0 Å². The summed E-state index contributed by atoms with van der Waals surface area (Å²) in [5.41, 5.74) is 10.7. The van der Waals surface area contributed by atoms with E-state index in [4.69, 9.17) is 0 Å². The van der Waals surface area contributed by atoms with E-state index in [1.165, 1.54) is 29.8 Å². The van der Waals surface area contributed by atoms with E-state index in [-0.39, 0.29) is 47.6 Å². The predicted molar refractivity (Wildman–Crippen MR) is 126 cm³/mol. The zero-order chi connectivity index (χ0) is 23.7. The number of carbonyl (C=O) groups is 1. The Hall–Kier alpha value is -3.13. The summed E-state index contributed by atoms with van der Waals surface area (Å²) < 4.78 is 26.8. The highest BCUT2D eigenvalue weighted by Gasteiger charge is 2.49. The molecule has 0 aliphatic carbocycles. The summed E-state index contributed by atoms with van der Waals surface area (Å²) in [6.45, 7) is 2.38. The number of piperidine rings is 1. The van der Waals surface area contributed by atoms with Crippen LogP contribution in [0, 0.1) is 30.4 Å². The lowest BCUT2D eigenvalue weighted by Gasteiger charge is -2.40. The maximum Gasteiger partial charge on any atom is 0.223 e. The number of aryl methyl sites for hydroxylation is 1. The van der Waals surface area contributed by atoms with Crippen molar-refractivity contribution in [3.8, 4) is 0 Å². The van der Waals surface area contributed by atoms with Gasteiger partial charge in [0.25, 0.3) is 0 Å². The molecule has 5 rings (SSSR count). The Labute approximate surface area is 197 Å². The molecule has 5 unspecified atom stereocenters. The Morgan fingerprint density at radius 2 is 1.50 bits per heavy atom. The number of hydrogen-bond donors (Lipinski definition) is 4. The average Bonchev–Trinajstić information content (AvgIpc) is 3.28. The predicted octanol–water partition coefficient (Wildman–Crippen LogP) is 4.03. The molecule has 3 aromatic rings. The molecule has 2 saturated heterocycles. The fraction of sp³-hybridized carbons (Fsp3) is 0.296. The van der Waals surface area contributed by atoms with E-state index in [0.717, 1.165) is 16.7 Å². The van der Waals surface area contributed by atoms with Crippen molar-refractivity contribution < 1.29 is 13.6 Å². The third-order valence-corrected chi connectivity index (χ3v) is 6.92. The first kappa shape index (κ1) is 22.7. The normalized spacial score (nSPS) is 26.1. The van der Waals surface area contributed by atoms with Gasteiger partial charge in [-0.2, -0.15) is 0 Å². The number of halogens is 2. The van der Waals surface area contributed by atoms with E-state index in [2.05, 4.69) is 52.7 Å². The molecular formula is C27H28F2N4O. The molecule has 34 heavy (non-hydrogen) atoms. The largest absolute Gasteiger partial charge is 0.352 e. The number of hydrogen-bond acceptors (Lipinski definition) is 4. The van der Waals surface area contributed by atoms with Gasteiger partial charge in [-0.1, -0.05) is 54.1 Å². The number of amides is 1. The van der Waals surface area contributed by atoms with Gasteiger partial charge < -0.3 is 5.32 Å². The molecule has 2 aliphatic rings. The van der Waals surface area contributed by atoms with E-state index in [1.54, 1.807) is 24.3 Å². The van der Waals surface area contributed by atoms with Gasteiger partial charge in [0.05, 0.1) is 12.2 Å². The molecule has 176 valence electrons. The highest BCUT2D eigenvalue weighted by Crippen LogP contribution is 2.42. The van der Waals surface area contributed by atoms with Crippen LogP contribution >= 0.6 is 0 Å². The van der Waals surface area contributed by atoms with Crippen molar-refractivity contribution in [1.29, 1.82) is 0 Å². The maximum atomic E-state index is 13.5. The van der Waals surface area contributed by atoms with Crippen LogP contribution in [0.2, 0.25) is 0 Å². The molecule has 0 saturated carbocycles. The molecule has 5 nitrogen and oxygen atoms in total. The lowest BCUT2D eigenvalue weighted by Crippen LogP contribution is -2.54. The Morgan fingerprint density at radius 3 is 2.18 bits per heavy atom. The van der Waals surface area contributed by atoms with Gasteiger partial charge in [-0.25, -0.2) is 19.6 Å². The van der Waals surface area contributed by atoms with Crippen molar-refractivity contribution in [1.82, 2.24) is 21.5 Å². The van der Waals surface area contributed by atoms with E-state index in [1.807, 2.05) is 0 Å². The molecule has 0 bridgehead atoms. The number of carbonyl (C=O) groups excluding carboxylic acids is 1. The van der Waals surface area contributed by atoms with Crippen molar-refractivity contribution in [2.45, 2.75) is 38.1 Å². The van der Waals surface area contributed by atoms with Crippen LogP contribution in [0.3, 0.4) is 0 Å².